The number of pyridine rings is 1. The Kier molecular flexibility index (Phi) is 5.54. The largest absolute Gasteiger partial charge is 0.378 e. The van der Waals surface area contributed by atoms with Crippen LogP contribution in [-0.4, -0.2) is 57.0 Å². The topological polar surface area (TPSA) is 99.2 Å². The standard InChI is InChI=1S/C19H20N6O2S/c20-25-17(15-7-4-8-21-13-15)22-23-19(25)28-16(14-5-2-1-3-6-14)18(26)24-9-11-27-12-10-24/h1-8,13,16H,9-12,20H2/t16-/m1/s1. The summed E-state index contributed by atoms with van der Waals surface area (Å²) in [5.74, 6) is 6.76. The van der Waals surface area contributed by atoms with Crippen LogP contribution in [0.4, 0.5) is 0 Å². The number of carbonyl (C=O) groups excluding carboxylic acids is 1. The molecule has 2 aromatic heterocycles. The molecule has 28 heavy (non-hydrogen) atoms. The van der Waals surface area contributed by atoms with Crippen molar-refractivity contribution in [1.29, 1.82) is 0 Å². The number of aromatic nitrogens is 4. The van der Waals surface area contributed by atoms with E-state index in [0.717, 1.165) is 11.1 Å². The van der Waals surface area contributed by atoms with Gasteiger partial charge in [0.15, 0.2) is 5.82 Å². The van der Waals surface area contributed by atoms with Gasteiger partial charge in [-0.3, -0.25) is 9.78 Å². The van der Waals surface area contributed by atoms with E-state index in [1.165, 1.54) is 16.4 Å². The summed E-state index contributed by atoms with van der Waals surface area (Å²) >= 11 is 1.30. The van der Waals surface area contributed by atoms with Gasteiger partial charge in [0.05, 0.1) is 13.2 Å². The van der Waals surface area contributed by atoms with E-state index >= 15 is 0 Å². The van der Waals surface area contributed by atoms with E-state index in [4.69, 9.17) is 10.6 Å². The second-order valence-corrected chi connectivity index (χ2v) is 7.34. The molecular weight excluding hydrogens is 376 g/mol. The van der Waals surface area contributed by atoms with Crippen molar-refractivity contribution in [3.8, 4) is 11.4 Å². The van der Waals surface area contributed by atoms with Gasteiger partial charge in [0, 0.05) is 31.0 Å². The molecule has 144 valence electrons. The van der Waals surface area contributed by atoms with Gasteiger partial charge in [-0.1, -0.05) is 42.1 Å². The van der Waals surface area contributed by atoms with Crippen molar-refractivity contribution in [3.63, 3.8) is 0 Å². The molecule has 1 aliphatic rings. The van der Waals surface area contributed by atoms with Crippen LogP contribution in [0.3, 0.4) is 0 Å². The highest BCUT2D eigenvalue weighted by molar-refractivity contribution is 8.00. The van der Waals surface area contributed by atoms with E-state index in [0.29, 0.717) is 37.3 Å². The van der Waals surface area contributed by atoms with Gasteiger partial charge in [-0.05, 0) is 17.7 Å². The summed E-state index contributed by atoms with van der Waals surface area (Å²) in [7, 11) is 0. The second-order valence-electron chi connectivity index (χ2n) is 6.26. The lowest BCUT2D eigenvalue weighted by atomic mass is 10.1. The zero-order chi connectivity index (χ0) is 19.3. The Balaban J connectivity index is 1.63. The second kappa shape index (κ2) is 8.41. The van der Waals surface area contributed by atoms with Crippen molar-refractivity contribution in [2.75, 3.05) is 32.1 Å². The molecule has 0 saturated carbocycles. The molecule has 1 aliphatic heterocycles. The van der Waals surface area contributed by atoms with E-state index in [-0.39, 0.29) is 5.91 Å². The minimum absolute atomic E-state index is 0.0189. The van der Waals surface area contributed by atoms with Gasteiger partial charge in [0.2, 0.25) is 11.1 Å². The van der Waals surface area contributed by atoms with Gasteiger partial charge in [-0.25, -0.2) is 4.68 Å². The fraction of sp³-hybridized carbons (Fsp3) is 0.263. The molecule has 1 amide bonds. The Morgan fingerprint density at radius 3 is 2.61 bits per heavy atom. The number of hydrogen-bond donors (Lipinski definition) is 1. The lowest BCUT2D eigenvalue weighted by Gasteiger charge is -2.30. The van der Waals surface area contributed by atoms with Crippen LogP contribution in [0, 0.1) is 0 Å². The molecule has 0 bridgehead atoms. The zero-order valence-electron chi connectivity index (χ0n) is 15.1. The smallest absolute Gasteiger partial charge is 0.240 e. The summed E-state index contributed by atoms with van der Waals surface area (Å²) in [4.78, 5) is 19.2. The van der Waals surface area contributed by atoms with E-state index in [1.807, 2.05) is 47.4 Å². The highest BCUT2D eigenvalue weighted by Gasteiger charge is 2.30. The molecule has 0 unspecified atom stereocenters. The molecule has 3 heterocycles. The van der Waals surface area contributed by atoms with Crippen molar-refractivity contribution in [3.05, 3.63) is 60.4 Å². The maximum Gasteiger partial charge on any atom is 0.240 e. The van der Waals surface area contributed by atoms with Crippen LogP contribution in [0.2, 0.25) is 0 Å². The number of nitrogens with two attached hydrogens (primary N) is 1. The fourth-order valence-electron chi connectivity index (χ4n) is 2.99. The van der Waals surface area contributed by atoms with Gasteiger partial charge in [-0.15, -0.1) is 10.2 Å². The van der Waals surface area contributed by atoms with E-state index in [1.54, 1.807) is 12.4 Å². The van der Waals surface area contributed by atoms with Gasteiger partial charge in [0.1, 0.15) is 5.25 Å². The zero-order valence-corrected chi connectivity index (χ0v) is 16.0. The maximum absolute atomic E-state index is 13.2. The number of hydrogen-bond acceptors (Lipinski definition) is 7. The summed E-state index contributed by atoms with van der Waals surface area (Å²) < 4.78 is 6.78. The lowest BCUT2D eigenvalue weighted by molar-refractivity contribution is -0.134. The minimum atomic E-state index is -0.465. The molecule has 4 rings (SSSR count). The van der Waals surface area contributed by atoms with Crippen LogP contribution in [-0.2, 0) is 9.53 Å². The number of nitrogen functional groups attached to an aromatic ring is 1. The summed E-state index contributed by atoms with van der Waals surface area (Å²) in [6.45, 7) is 2.27. The molecule has 0 spiro atoms. The first-order valence-electron chi connectivity index (χ1n) is 8.93. The van der Waals surface area contributed by atoms with Crippen LogP contribution in [0.25, 0.3) is 11.4 Å². The average Bonchev–Trinajstić information content (AvgIpc) is 3.13. The third-order valence-corrected chi connectivity index (χ3v) is 5.66. The number of nitrogens with zero attached hydrogens (tertiary/aromatic N) is 5. The molecule has 0 aliphatic carbocycles. The predicted octanol–water partition coefficient (Wildman–Crippen LogP) is 1.75. The summed E-state index contributed by atoms with van der Waals surface area (Å²) in [6.07, 6.45) is 3.36. The summed E-state index contributed by atoms with van der Waals surface area (Å²) in [5.41, 5.74) is 1.66. The van der Waals surface area contributed by atoms with Gasteiger partial charge in [-0.2, -0.15) is 0 Å². The first kappa shape index (κ1) is 18.5. The summed E-state index contributed by atoms with van der Waals surface area (Å²) in [6, 6.07) is 13.3. The normalized spacial score (nSPS) is 15.4. The van der Waals surface area contributed by atoms with Crippen molar-refractivity contribution in [2.45, 2.75) is 10.4 Å². The SMILES string of the molecule is Nn1c(S[C@@H](C(=O)N2CCOCC2)c2ccccc2)nnc1-c1cccnc1. The molecule has 1 atom stereocenters. The molecule has 2 N–H and O–H groups in total. The van der Waals surface area contributed by atoms with E-state index in [9.17, 15) is 4.79 Å². The highest BCUT2D eigenvalue weighted by atomic mass is 32.2. The average molecular weight is 396 g/mol. The molecule has 1 saturated heterocycles. The molecule has 1 aromatic carbocycles. The molecular formula is C19H20N6O2S. The number of morpholine rings is 1. The van der Waals surface area contributed by atoms with Gasteiger partial charge < -0.3 is 15.5 Å². The predicted molar refractivity (Wildman–Crippen MR) is 106 cm³/mol. The van der Waals surface area contributed by atoms with E-state index in [2.05, 4.69) is 15.2 Å². The summed E-state index contributed by atoms with van der Waals surface area (Å²) in [5, 5.41) is 8.40. The first-order valence-corrected chi connectivity index (χ1v) is 9.81. The monoisotopic (exact) mass is 396 g/mol. The Morgan fingerprint density at radius 2 is 1.89 bits per heavy atom. The number of amides is 1. The molecule has 8 nitrogen and oxygen atoms in total. The van der Waals surface area contributed by atoms with Crippen LogP contribution < -0.4 is 5.84 Å². The van der Waals surface area contributed by atoms with Crippen molar-refractivity contribution < 1.29 is 9.53 Å². The van der Waals surface area contributed by atoms with Crippen LogP contribution in [0.1, 0.15) is 10.8 Å². The van der Waals surface area contributed by atoms with E-state index < -0.39 is 5.25 Å². The Morgan fingerprint density at radius 1 is 1.11 bits per heavy atom. The molecule has 3 aromatic rings. The number of ether oxygens (including phenoxy) is 1. The Labute approximate surface area is 166 Å². The van der Waals surface area contributed by atoms with Gasteiger partial charge in [0.25, 0.3) is 0 Å². The third-order valence-electron chi connectivity index (χ3n) is 4.46. The first-order chi connectivity index (χ1) is 13.7. The number of carbonyl (C=O) groups is 1. The van der Waals surface area contributed by atoms with Gasteiger partial charge >= 0.3 is 0 Å². The number of benzene rings is 1. The van der Waals surface area contributed by atoms with Crippen molar-refractivity contribution in [1.82, 2.24) is 24.8 Å². The number of thioether (sulfide) groups is 1. The van der Waals surface area contributed by atoms with Crippen molar-refractivity contribution in [2.24, 2.45) is 0 Å². The molecule has 1 fully saturated rings. The molecule has 9 heteroatoms. The quantitative estimate of drug-likeness (QED) is 0.518. The highest BCUT2D eigenvalue weighted by Crippen LogP contribution is 2.36. The van der Waals surface area contributed by atoms with Crippen LogP contribution in [0.5, 0.6) is 0 Å². The Bertz CT molecular complexity index is 928. The lowest BCUT2D eigenvalue weighted by Crippen LogP contribution is -2.42. The maximum atomic E-state index is 13.2. The Hall–Kier alpha value is -2.91. The third kappa shape index (κ3) is 3.85. The van der Waals surface area contributed by atoms with Crippen molar-refractivity contribution >= 4 is 17.7 Å². The van der Waals surface area contributed by atoms with Crippen LogP contribution >= 0.6 is 11.8 Å². The molecule has 0 radical (unpaired) electrons. The fourth-order valence-corrected chi connectivity index (χ4v) is 4.04. The number of rotatable bonds is 5. The van der Waals surface area contributed by atoms with Crippen LogP contribution in [0.15, 0.2) is 60.0 Å². The minimum Gasteiger partial charge on any atom is -0.378 e.